The van der Waals surface area contributed by atoms with E-state index in [9.17, 15) is 0 Å². The predicted octanol–water partition coefficient (Wildman–Crippen LogP) is 1.70. The van der Waals surface area contributed by atoms with Gasteiger partial charge in [0, 0.05) is 17.9 Å². The van der Waals surface area contributed by atoms with Crippen molar-refractivity contribution in [1.29, 1.82) is 0 Å². The van der Waals surface area contributed by atoms with E-state index in [1.807, 2.05) is 0 Å². The Morgan fingerprint density at radius 1 is 1.40 bits per heavy atom. The van der Waals surface area contributed by atoms with Crippen molar-refractivity contribution >= 4 is 0 Å². The van der Waals surface area contributed by atoms with E-state index in [1.54, 1.807) is 0 Å². The molecule has 2 rings (SSSR count). The van der Waals surface area contributed by atoms with Crippen LogP contribution in [-0.2, 0) is 5.41 Å². The van der Waals surface area contributed by atoms with E-state index in [2.05, 4.69) is 29.0 Å². The fourth-order valence-corrected chi connectivity index (χ4v) is 2.05. The van der Waals surface area contributed by atoms with Gasteiger partial charge in [-0.05, 0) is 12.8 Å². The van der Waals surface area contributed by atoms with Crippen LogP contribution in [0.4, 0.5) is 0 Å². The number of nitrogens with two attached hydrogens (primary N) is 1. The Kier molecular flexibility index (Phi) is 2.78. The lowest BCUT2D eigenvalue weighted by Gasteiger charge is -2.17. The number of nitrogens with zero attached hydrogens (tertiary/aromatic N) is 2. The summed E-state index contributed by atoms with van der Waals surface area (Å²) < 4.78 is 0. The van der Waals surface area contributed by atoms with Gasteiger partial charge >= 0.3 is 0 Å². The molecule has 0 unspecified atom stereocenters. The predicted molar refractivity (Wildman–Crippen MR) is 59.7 cm³/mol. The molecule has 1 saturated carbocycles. The third-order valence-corrected chi connectivity index (χ3v) is 3.36. The maximum atomic E-state index is 5.71. The molecule has 0 radical (unpaired) electrons. The molecule has 1 aliphatic rings. The van der Waals surface area contributed by atoms with Gasteiger partial charge in [-0.3, -0.25) is 5.10 Å². The van der Waals surface area contributed by atoms with E-state index in [4.69, 9.17) is 5.73 Å². The zero-order chi connectivity index (χ0) is 10.9. The monoisotopic (exact) mass is 208 g/mol. The Balaban J connectivity index is 2.16. The van der Waals surface area contributed by atoms with Crippen LogP contribution in [0.1, 0.15) is 57.1 Å². The summed E-state index contributed by atoms with van der Waals surface area (Å²) in [5.74, 6) is 2.51. The summed E-state index contributed by atoms with van der Waals surface area (Å²) >= 11 is 0. The molecule has 4 heteroatoms. The van der Waals surface area contributed by atoms with Crippen molar-refractivity contribution in [2.45, 2.75) is 50.9 Å². The zero-order valence-electron chi connectivity index (χ0n) is 9.58. The quantitative estimate of drug-likeness (QED) is 0.794. The number of hydrogen-bond acceptors (Lipinski definition) is 3. The summed E-state index contributed by atoms with van der Waals surface area (Å²) in [4.78, 5) is 4.59. The Hall–Kier alpha value is -0.900. The van der Waals surface area contributed by atoms with Crippen molar-refractivity contribution in [3.05, 3.63) is 11.6 Å². The van der Waals surface area contributed by atoms with Gasteiger partial charge in [0.05, 0.1) is 0 Å². The lowest BCUT2D eigenvalue weighted by molar-refractivity contribution is 0.503. The molecule has 0 amide bonds. The molecule has 0 saturated heterocycles. The van der Waals surface area contributed by atoms with Gasteiger partial charge < -0.3 is 5.73 Å². The minimum absolute atomic E-state index is 0.118. The molecule has 4 nitrogen and oxygen atoms in total. The zero-order valence-corrected chi connectivity index (χ0v) is 9.58. The van der Waals surface area contributed by atoms with Crippen molar-refractivity contribution in [2.75, 3.05) is 6.54 Å². The van der Waals surface area contributed by atoms with Crippen LogP contribution in [0, 0.1) is 0 Å². The van der Waals surface area contributed by atoms with Gasteiger partial charge in [0.2, 0.25) is 0 Å². The summed E-state index contributed by atoms with van der Waals surface area (Å²) in [5, 5.41) is 7.36. The first-order valence-electron chi connectivity index (χ1n) is 5.76. The van der Waals surface area contributed by atoms with Gasteiger partial charge in [-0.2, -0.15) is 5.10 Å². The highest BCUT2D eigenvalue weighted by atomic mass is 15.2. The fourth-order valence-electron chi connectivity index (χ4n) is 2.05. The highest BCUT2D eigenvalue weighted by Crippen LogP contribution is 2.32. The van der Waals surface area contributed by atoms with E-state index >= 15 is 0 Å². The van der Waals surface area contributed by atoms with Gasteiger partial charge in [-0.1, -0.05) is 26.7 Å². The molecule has 1 aromatic heterocycles. The number of H-pyrrole nitrogens is 1. The van der Waals surface area contributed by atoms with Crippen LogP contribution in [0.3, 0.4) is 0 Å². The number of rotatable bonds is 3. The van der Waals surface area contributed by atoms with E-state index in [1.165, 1.54) is 25.7 Å². The van der Waals surface area contributed by atoms with Gasteiger partial charge in [0.15, 0.2) is 5.82 Å². The summed E-state index contributed by atoms with van der Waals surface area (Å²) in [5.41, 5.74) is 5.59. The van der Waals surface area contributed by atoms with Crippen molar-refractivity contribution in [3.8, 4) is 0 Å². The van der Waals surface area contributed by atoms with Crippen LogP contribution in [0.2, 0.25) is 0 Å². The first-order valence-corrected chi connectivity index (χ1v) is 5.76. The van der Waals surface area contributed by atoms with Gasteiger partial charge in [-0.15, -0.1) is 0 Å². The van der Waals surface area contributed by atoms with Crippen LogP contribution < -0.4 is 5.73 Å². The first kappa shape index (κ1) is 10.6. The smallest absolute Gasteiger partial charge is 0.157 e. The number of aromatic amines is 1. The number of nitrogens with one attached hydrogen (secondary N) is 1. The third-order valence-electron chi connectivity index (χ3n) is 3.36. The van der Waals surface area contributed by atoms with E-state index in [-0.39, 0.29) is 5.41 Å². The van der Waals surface area contributed by atoms with Gasteiger partial charge in [0.25, 0.3) is 0 Å². The lowest BCUT2D eigenvalue weighted by atomic mass is 9.93. The second-order valence-electron chi connectivity index (χ2n) is 5.11. The van der Waals surface area contributed by atoms with Crippen LogP contribution in [0.25, 0.3) is 0 Å². The minimum atomic E-state index is -0.118. The van der Waals surface area contributed by atoms with E-state index < -0.39 is 0 Å². The van der Waals surface area contributed by atoms with Crippen LogP contribution >= 0.6 is 0 Å². The van der Waals surface area contributed by atoms with E-state index in [0.29, 0.717) is 12.5 Å². The third kappa shape index (κ3) is 2.04. The molecule has 1 aromatic rings. The summed E-state index contributed by atoms with van der Waals surface area (Å²) in [6, 6.07) is 0. The van der Waals surface area contributed by atoms with Gasteiger partial charge in [-0.25, -0.2) is 4.98 Å². The molecular formula is C11H20N4. The SMILES string of the molecule is CC(C)(CN)c1n[nH]c(C2CCCC2)n1. The molecule has 0 atom stereocenters. The van der Waals surface area contributed by atoms with E-state index in [0.717, 1.165) is 11.6 Å². The highest BCUT2D eigenvalue weighted by molar-refractivity contribution is 5.08. The highest BCUT2D eigenvalue weighted by Gasteiger charge is 2.26. The van der Waals surface area contributed by atoms with Crippen LogP contribution in [0.5, 0.6) is 0 Å². The molecule has 0 aliphatic heterocycles. The lowest BCUT2D eigenvalue weighted by Crippen LogP contribution is -2.29. The topological polar surface area (TPSA) is 67.6 Å². The second-order valence-corrected chi connectivity index (χ2v) is 5.11. The molecule has 1 aliphatic carbocycles. The Bertz CT molecular complexity index is 323. The standard InChI is InChI=1S/C11H20N4/c1-11(2,7-12)10-13-9(14-15-10)8-5-3-4-6-8/h8H,3-7,12H2,1-2H3,(H,13,14,15). The molecule has 84 valence electrons. The van der Waals surface area contributed by atoms with Crippen molar-refractivity contribution in [1.82, 2.24) is 15.2 Å². The normalized spacial score (nSPS) is 18.6. The Morgan fingerprint density at radius 3 is 2.67 bits per heavy atom. The fraction of sp³-hybridized carbons (Fsp3) is 0.818. The van der Waals surface area contributed by atoms with Gasteiger partial charge in [0.1, 0.15) is 5.82 Å². The first-order chi connectivity index (χ1) is 7.13. The van der Waals surface area contributed by atoms with Crippen molar-refractivity contribution < 1.29 is 0 Å². The summed E-state index contributed by atoms with van der Waals surface area (Å²) in [7, 11) is 0. The summed E-state index contributed by atoms with van der Waals surface area (Å²) in [6.07, 6.45) is 5.14. The summed E-state index contributed by atoms with van der Waals surface area (Å²) in [6.45, 7) is 4.73. The molecular weight excluding hydrogens is 188 g/mol. The maximum Gasteiger partial charge on any atom is 0.157 e. The average Bonchev–Trinajstić information content (AvgIpc) is 2.88. The second kappa shape index (κ2) is 3.93. The van der Waals surface area contributed by atoms with Crippen molar-refractivity contribution in [2.24, 2.45) is 5.73 Å². The van der Waals surface area contributed by atoms with Crippen LogP contribution in [0.15, 0.2) is 0 Å². The minimum Gasteiger partial charge on any atom is -0.329 e. The Labute approximate surface area is 90.7 Å². The Morgan fingerprint density at radius 2 is 2.07 bits per heavy atom. The average molecular weight is 208 g/mol. The van der Waals surface area contributed by atoms with Crippen molar-refractivity contribution in [3.63, 3.8) is 0 Å². The molecule has 1 heterocycles. The molecule has 0 bridgehead atoms. The molecule has 3 N–H and O–H groups in total. The molecule has 1 fully saturated rings. The molecule has 0 aromatic carbocycles. The van der Waals surface area contributed by atoms with Crippen LogP contribution in [-0.4, -0.2) is 21.7 Å². The maximum absolute atomic E-state index is 5.71. The largest absolute Gasteiger partial charge is 0.329 e. The molecule has 15 heavy (non-hydrogen) atoms. The number of hydrogen-bond donors (Lipinski definition) is 2. The molecule has 0 spiro atoms. The number of aromatic nitrogens is 3.